The maximum absolute atomic E-state index is 12.9. The summed E-state index contributed by atoms with van der Waals surface area (Å²) in [6.07, 6.45) is -0.908. The van der Waals surface area contributed by atoms with Crippen LogP contribution in [0.5, 0.6) is 0 Å². The van der Waals surface area contributed by atoms with E-state index in [2.05, 4.69) is 10.0 Å². The van der Waals surface area contributed by atoms with Gasteiger partial charge in [0.1, 0.15) is 5.82 Å². The molecule has 0 aliphatic rings. The van der Waals surface area contributed by atoms with Gasteiger partial charge in [0.05, 0.1) is 23.3 Å². The summed E-state index contributed by atoms with van der Waals surface area (Å²) < 4.78 is 39.7. The Morgan fingerprint density at radius 3 is 2.39 bits per heavy atom. The van der Waals surface area contributed by atoms with Gasteiger partial charge in [0, 0.05) is 12.2 Å². The molecule has 0 fully saturated rings. The first kappa shape index (κ1) is 17.2. The average molecular weight is 340 g/mol. The Morgan fingerprint density at radius 2 is 1.74 bits per heavy atom. The Kier molecular flexibility index (Phi) is 5.54. The number of benzene rings is 2. The van der Waals surface area contributed by atoms with Crippen molar-refractivity contribution in [2.45, 2.75) is 11.0 Å². The van der Waals surface area contributed by atoms with Crippen molar-refractivity contribution in [1.82, 2.24) is 0 Å². The van der Waals surface area contributed by atoms with Crippen LogP contribution in [-0.2, 0) is 10.0 Å². The highest BCUT2D eigenvalue weighted by atomic mass is 32.2. The standard InChI is InChI=1S/C15H17FN2O4S/c16-11-4-6-15(7-5-11)23(21,22)18-13-3-1-2-12(8-13)17-9-14(20)10-19/h1-8,14,17-20H,9-10H2. The van der Waals surface area contributed by atoms with Gasteiger partial charge in [-0.1, -0.05) is 6.07 Å². The van der Waals surface area contributed by atoms with E-state index in [0.717, 1.165) is 12.1 Å². The number of hydrogen-bond acceptors (Lipinski definition) is 5. The highest BCUT2D eigenvalue weighted by molar-refractivity contribution is 7.92. The summed E-state index contributed by atoms with van der Waals surface area (Å²) in [6.45, 7) is -0.242. The maximum Gasteiger partial charge on any atom is 0.261 e. The minimum Gasteiger partial charge on any atom is -0.394 e. The largest absolute Gasteiger partial charge is 0.394 e. The van der Waals surface area contributed by atoms with Crippen molar-refractivity contribution in [1.29, 1.82) is 0 Å². The lowest BCUT2D eigenvalue weighted by molar-refractivity contribution is 0.105. The van der Waals surface area contributed by atoms with E-state index < -0.39 is 21.9 Å². The number of aliphatic hydroxyl groups excluding tert-OH is 2. The van der Waals surface area contributed by atoms with Crippen molar-refractivity contribution in [2.75, 3.05) is 23.2 Å². The molecule has 23 heavy (non-hydrogen) atoms. The number of sulfonamides is 1. The average Bonchev–Trinajstić information content (AvgIpc) is 2.53. The van der Waals surface area contributed by atoms with E-state index in [4.69, 9.17) is 5.11 Å². The third kappa shape index (κ3) is 4.92. The van der Waals surface area contributed by atoms with Gasteiger partial charge in [-0.3, -0.25) is 4.72 Å². The van der Waals surface area contributed by atoms with Crippen LogP contribution in [0.25, 0.3) is 0 Å². The summed E-state index contributed by atoms with van der Waals surface area (Å²) >= 11 is 0. The number of halogens is 1. The zero-order chi connectivity index (χ0) is 16.9. The molecule has 0 amide bonds. The Balaban J connectivity index is 2.11. The Bertz CT molecular complexity index is 750. The van der Waals surface area contributed by atoms with Crippen LogP contribution < -0.4 is 10.0 Å². The molecule has 0 aromatic heterocycles. The quantitative estimate of drug-likeness (QED) is 0.611. The Hall–Kier alpha value is -2.16. The molecule has 0 bridgehead atoms. The van der Waals surface area contributed by atoms with E-state index in [1.165, 1.54) is 12.1 Å². The summed E-state index contributed by atoms with van der Waals surface area (Å²) in [5.41, 5.74) is 0.898. The first-order chi connectivity index (χ1) is 10.9. The molecule has 1 atom stereocenters. The van der Waals surface area contributed by atoms with Gasteiger partial charge in [-0.15, -0.1) is 0 Å². The third-order valence-corrected chi connectivity index (χ3v) is 4.39. The lowest BCUT2D eigenvalue weighted by atomic mass is 10.2. The van der Waals surface area contributed by atoms with Crippen molar-refractivity contribution in [3.8, 4) is 0 Å². The van der Waals surface area contributed by atoms with Crippen LogP contribution in [0.3, 0.4) is 0 Å². The predicted molar refractivity (Wildman–Crippen MR) is 85.2 cm³/mol. The molecule has 0 saturated heterocycles. The molecule has 2 aromatic carbocycles. The number of rotatable bonds is 7. The fraction of sp³-hybridized carbons (Fsp3) is 0.200. The lowest BCUT2D eigenvalue weighted by Gasteiger charge is -2.12. The number of nitrogens with one attached hydrogen (secondary N) is 2. The molecule has 2 aromatic rings. The highest BCUT2D eigenvalue weighted by Gasteiger charge is 2.14. The van der Waals surface area contributed by atoms with Crippen LogP contribution in [-0.4, -0.2) is 37.9 Å². The Morgan fingerprint density at radius 1 is 1.09 bits per heavy atom. The molecule has 6 nitrogen and oxygen atoms in total. The third-order valence-electron chi connectivity index (χ3n) is 2.99. The molecule has 0 aliphatic carbocycles. The smallest absolute Gasteiger partial charge is 0.261 e. The van der Waals surface area contributed by atoms with Crippen LogP contribution in [0.15, 0.2) is 53.4 Å². The molecule has 2 rings (SSSR count). The van der Waals surface area contributed by atoms with Gasteiger partial charge < -0.3 is 15.5 Å². The summed E-state index contributed by atoms with van der Waals surface area (Å²) in [6, 6.07) is 10.9. The van der Waals surface area contributed by atoms with Crippen LogP contribution in [0.4, 0.5) is 15.8 Å². The van der Waals surface area contributed by atoms with E-state index in [9.17, 15) is 17.9 Å². The van der Waals surface area contributed by atoms with E-state index in [0.29, 0.717) is 11.4 Å². The highest BCUT2D eigenvalue weighted by Crippen LogP contribution is 2.19. The lowest BCUT2D eigenvalue weighted by Crippen LogP contribution is -2.23. The van der Waals surface area contributed by atoms with Crippen molar-refractivity contribution in [2.24, 2.45) is 0 Å². The van der Waals surface area contributed by atoms with Gasteiger partial charge in [0.2, 0.25) is 0 Å². The minimum atomic E-state index is -3.82. The summed E-state index contributed by atoms with van der Waals surface area (Å²) in [4.78, 5) is -0.0482. The van der Waals surface area contributed by atoms with Gasteiger partial charge in [-0.25, -0.2) is 12.8 Å². The molecule has 0 aliphatic heterocycles. The van der Waals surface area contributed by atoms with Crippen LogP contribution >= 0.6 is 0 Å². The van der Waals surface area contributed by atoms with Gasteiger partial charge in [-0.2, -0.15) is 0 Å². The molecule has 8 heteroatoms. The number of hydrogen-bond donors (Lipinski definition) is 4. The molecule has 0 saturated carbocycles. The Labute approximate surface area is 133 Å². The second kappa shape index (κ2) is 7.40. The zero-order valence-corrected chi connectivity index (χ0v) is 12.9. The van der Waals surface area contributed by atoms with Gasteiger partial charge >= 0.3 is 0 Å². The molecular formula is C15H17FN2O4S. The van der Waals surface area contributed by atoms with Crippen molar-refractivity contribution in [3.05, 3.63) is 54.3 Å². The monoisotopic (exact) mass is 340 g/mol. The SMILES string of the molecule is O=S(=O)(Nc1cccc(NCC(O)CO)c1)c1ccc(F)cc1. The van der Waals surface area contributed by atoms with Gasteiger partial charge in [-0.05, 0) is 42.5 Å². The first-order valence-electron chi connectivity index (χ1n) is 6.82. The van der Waals surface area contributed by atoms with E-state index >= 15 is 0 Å². The van der Waals surface area contributed by atoms with Gasteiger partial charge in [0.25, 0.3) is 10.0 Å². The second-order valence-electron chi connectivity index (χ2n) is 4.86. The zero-order valence-electron chi connectivity index (χ0n) is 12.1. The summed E-state index contributed by atoms with van der Waals surface area (Å²) in [5, 5.41) is 20.9. The van der Waals surface area contributed by atoms with E-state index in [-0.39, 0.29) is 18.0 Å². The van der Waals surface area contributed by atoms with E-state index in [1.54, 1.807) is 24.3 Å². The first-order valence-corrected chi connectivity index (χ1v) is 8.30. The second-order valence-corrected chi connectivity index (χ2v) is 6.54. The fourth-order valence-electron chi connectivity index (χ4n) is 1.82. The molecular weight excluding hydrogens is 323 g/mol. The number of anilines is 2. The molecule has 4 N–H and O–H groups in total. The van der Waals surface area contributed by atoms with Crippen LogP contribution in [0.2, 0.25) is 0 Å². The maximum atomic E-state index is 12.9. The molecule has 0 spiro atoms. The van der Waals surface area contributed by atoms with E-state index in [1.807, 2.05) is 0 Å². The van der Waals surface area contributed by atoms with Crippen LogP contribution in [0.1, 0.15) is 0 Å². The van der Waals surface area contributed by atoms with Crippen molar-refractivity contribution >= 4 is 21.4 Å². The fourth-order valence-corrected chi connectivity index (χ4v) is 2.87. The molecule has 1 unspecified atom stereocenters. The summed E-state index contributed by atoms with van der Waals surface area (Å²) in [5.74, 6) is -0.516. The molecule has 124 valence electrons. The predicted octanol–water partition coefficient (Wildman–Crippen LogP) is 1.39. The van der Waals surface area contributed by atoms with Crippen molar-refractivity contribution in [3.63, 3.8) is 0 Å². The topological polar surface area (TPSA) is 98.7 Å². The normalized spacial score (nSPS) is 12.7. The van der Waals surface area contributed by atoms with Crippen molar-refractivity contribution < 1.29 is 23.0 Å². The van der Waals surface area contributed by atoms with Gasteiger partial charge in [0.15, 0.2) is 0 Å². The molecule has 0 radical (unpaired) electrons. The minimum absolute atomic E-state index is 0.0482. The van der Waals surface area contributed by atoms with Crippen LogP contribution in [0, 0.1) is 5.82 Å². The summed E-state index contributed by atoms with van der Waals surface area (Å²) in [7, 11) is -3.82. The number of aliphatic hydroxyl groups is 2. The molecule has 0 heterocycles.